The molecule has 116 valence electrons. The number of aliphatic hydroxyl groups is 1. The Morgan fingerprint density at radius 3 is 2.82 bits per heavy atom. The SMILES string of the molecule is CCOc1ccc(N2C(=O)[C@@H]3[C@H]4C[C@H]5[C@H](O[C@@H]2[C@H]53)[C@@H]4O)cc1. The number of fused-ring (bicyclic) bond motifs is 2. The van der Waals surface area contributed by atoms with Crippen LogP contribution in [0.5, 0.6) is 5.75 Å². The lowest BCUT2D eigenvalue weighted by molar-refractivity contribution is -0.128. The van der Waals surface area contributed by atoms with E-state index in [4.69, 9.17) is 9.47 Å². The van der Waals surface area contributed by atoms with Gasteiger partial charge in [0.05, 0.1) is 24.7 Å². The highest BCUT2D eigenvalue weighted by molar-refractivity contribution is 5.99. The van der Waals surface area contributed by atoms with Crippen LogP contribution >= 0.6 is 0 Å². The molecule has 0 aromatic heterocycles. The molecule has 2 saturated heterocycles. The highest BCUT2D eigenvalue weighted by Crippen LogP contribution is 2.63. The van der Waals surface area contributed by atoms with Gasteiger partial charge >= 0.3 is 0 Å². The molecular formula is C17H19NO4. The Balaban J connectivity index is 1.49. The molecule has 4 fully saturated rings. The molecule has 22 heavy (non-hydrogen) atoms. The summed E-state index contributed by atoms with van der Waals surface area (Å²) < 4.78 is 11.5. The highest BCUT2D eigenvalue weighted by Gasteiger charge is 2.72. The van der Waals surface area contributed by atoms with Crippen LogP contribution in [0.15, 0.2) is 24.3 Å². The maximum Gasteiger partial charge on any atom is 0.233 e. The van der Waals surface area contributed by atoms with E-state index >= 15 is 0 Å². The molecule has 5 nitrogen and oxygen atoms in total. The Hall–Kier alpha value is -1.59. The van der Waals surface area contributed by atoms with Crippen molar-refractivity contribution in [1.29, 1.82) is 0 Å². The molecule has 5 rings (SSSR count). The summed E-state index contributed by atoms with van der Waals surface area (Å²) in [5.74, 6) is 1.56. The molecule has 1 aromatic carbocycles. The first-order valence-corrected chi connectivity index (χ1v) is 8.10. The molecule has 0 spiro atoms. The average molecular weight is 301 g/mol. The van der Waals surface area contributed by atoms with Gasteiger partial charge in [0.2, 0.25) is 5.91 Å². The molecule has 0 radical (unpaired) electrons. The lowest BCUT2D eigenvalue weighted by Gasteiger charge is -2.30. The fraction of sp³-hybridized carbons (Fsp3) is 0.588. The molecular weight excluding hydrogens is 282 g/mol. The van der Waals surface area contributed by atoms with Crippen molar-refractivity contribution in [3.63, 3.8) is 0 Å². The summed E-state index contributed by atoms with van der Waals surface area (Å²) in [4.78, 5) is 14.7. The lowest BCUT2D eigenvalue weighted by atomic mass is 9.80. The summed E-state index contributed by atoms with van der Waals surface area (Å²) in [5, 5.41) is 10.3. The van der Waals surface area contributed by atoms with Crippen molar-refractivity contribution in [3.8, 4) is 5.75 Å². The molecule has 1 amide bonds. The van der Waals surface area contributed by atoms with Gasteiger partial charge < -0.3 is 14.6 Å². The third-order valence-electron chi connectivity index (χ3n) is 5.94. The zero-order chi connectivity index (χ0) is 15.0. The van der Waals surface area contributed by atoms with E-state index in [1.54, 1.807) is 4.90 Å². The maximum atomic E-state index is 12.9. The Morgan fingerprint density at radius 2 is 2.09 bits per heavy atom. The van der Waals surface area contributed by atoms with Crippen LogP contribution in [0, 0.1) is 23.7 Å². The van der Waals surface area contributed by atoms with E-state index in [-0.39, 0.29) is 36.0 Å². The number of hydrogen-bond donors (Lipinski definition) is 1. The predicted molar refractivity (Wildman–Crippen MR) is 78.3 cm³/mol. The minimum absolute atomic E-state index is 0.0599. The number of rotatable bonds is 3. The summed E-state index contributed by atoms with van der Waals surface area (Å²) in [6, 6.07) is 7.62. The van der Waals surface area contributed by atoms with Crippen molar-refractivity contribution in [1.82, 2.24) is 0 Å². The summed E-state index contributed by atoms with van der Waals surface area (Å²) >= 11 is 0. The first-order valence-electron chi connectivity index (χ1n) is 8.10. The number of anilines is 1. The quantitative estimate of drug-likeness (QED) is 0.917. The average Bonchev–Trinajstić information content (AvgIpc) is 3.18. The standard InChI is InChI=1S/C17H19NO4/c1-2-21-9-5-3-8(4-6-9)18-16(20)12-10-7-11-13(12)17(18)22-15(11)14(10)19/h3-6,10-15,17,19H,2,7H2,1H3/t10-,11-,12-,13-,14-,15+,17-/m1/s1. The highest BCUT2D eigenvalue weighted by atomic mass is 16.5. The molecule has 2 heterocycles. The number of carbonyl (C=O) groups excluding carboxylic acids is 1. The number of nitrogens with zero attached hydrogens (tertiary/aromatic N) is 1. The van der Waals surface area contributed by atoms with Gasteiger partial charge in [-0.15, -0.1) is 0 Å². The van der Waals surface area contributed by atoms with Crippen LogP contribution in [-0.2, 0) is 9.53 Å². The second-order valence-electron chi connectivity index (χ2n) is 6.78. The Kier molecular flexibility index (Phi) is 2.48. The summed E-state index contributed by atoms with van der Waals surface area (Å²) in [5.41, 5.74) is 0.863. The molecule has 7 atom stereocenters. The second kappa shape index (κ2) is 4.24. The van der Waals surface area contributed by atoms with E-state index in [0.717, 1.165) is 17.9 Å². The largest absolute Gasteiger partial charge is 0.494 e. The molecule has 2 aliphatic heterocycles. The van der Waals surface area contributed by atoms with Gasteiger partial charge in [0.1, 0.15) is 12.0 Å². The molecule has 2 aliphatic carbocycles. The lowest BCUT2D eigenvalue weighted by Crippen LogP contribution is -2.43. The topological polar surface area (TPSA) is 59.0 Å². The van der Waals surface area contributed by atoms with Gasteiger partial charge in [-0.05, 0) is 49.4 Å². The fourth-order valence-corrected chi connectivity index (χ4v) is 5.20. The van der Waals surface area contributed by atoms with Crippen LogP contribution in [0.2, 0.25) is 0 Å². The fourth-order valence-electron chi connectivity index (χ4n) is 5.20. The monoisotopic (exact) mass is 301 g/mol. The van der Waals surface area contributed by atoms with Crippen molar-refractivity contribution >= 4 is 11.6 Å². The smallest absolute Gasteiger partial charge is 0.233 e. The molecule has 1 N–H and O–H groups in total. The molecule has 5 heteroatoms. The Labute approximate surface area is 128 Å². The van der Waals surface area contributed by atoms with Gasteiger partial charge in [-0.1, -0.05) is 0 Å². The number of carbonyl (C=O) groups is 1. The zero-order valence-corrected chi connectivity index (χ0v) is 12.4. The van der Waals surface area contributed by atoms with Crippen molar-refractivity contribution < 1.29 is 19.4 Å². The number of hydrogen-bond acceptors (Lipinski definition) is 4. The van der Waals surface area contributed by atoms with Crippen LogP contribution in [-0.4, -0.2) is 36.1 Å². The van der Waals surface area contributed by atoms with E-state index < -0.39 is 6.10 Å². The van der Waals surface area contributed by atoms with Crippen LogP contribution < -0.4 is 9.64 Å². The Morgan fingerprint density at radius 1 is 1.32 bits per heavy atom. The number of ether oxygens (including phenoxy) is 2. The van der Waals surface area contributed by atoms with Gasteiger partial charge in [0, 0.05) is 11.6 Å². The van der Waals surface area contributed by atoms with Crippen molar-refractivity contribution in [2.75, 3.05) is 11.5 Å². The van der Waals surface area contributed by atoms with E-state index in [2.05, 4.69) is 0 Å². The second-order valence-corrected chi connectivity index (χ2v) is 6.78. The minimum atomic E-state index is -0.456. The minimum Gasteiger partial charge on any atom is -0.494 e. The summed E-state index contributed by atoms with van der Waals surface area (Å²) in [7, 11) is 0. The van der Waals surface area contributed by atoms with Gasteiger partial charge in [-0.25, -0.2) is 0 Å². The summed E-state index contributed by atoms with van der Waals surface area (Å²) in [6.07, 6.45) is 0.213. The summed E-state index contributed by atoms with van der Waals surface area (Å²) in [6.45, 7) is 2.57. The van der Waals surface area contributed by atoms with E-state index in [1.807, 2.05) is 31.2 Å². The zero-order valence-electron chi connectivity index (χ0n) is 12.4. The first kappa shape index (κ1) is 12.9. The molecule has 4 aliphatic rings. The van der Waals surface area contributed by atoms with Gasteiger partial charge in [-0.3, -0.25) is 9.69 Å². The van der Waals surface area contributed by atoms with Crippen LogP contribution in [0.4, 0.5) is 5.69 Å². The van der Waals surface area contributed by atoms with E-state index in [9.17, 15) is 9.90 Å². The van der Waals surface area contributed by atoms with Gasteiger partial charge in [0.25, 0.3) is 0 Å². The number of amides is 1. The molecule has 0 unspecified atom stereocenters. The van der Waals surface area contributed by atoms with Crippen molar-refractivity contribution in [2.45, 2.75) is 31.8 Å². The van der Waals surface area contributed by atoms with E-state index in [0.29, 0.717) is 12.5 Å². The molecule has 1 aromatic rings. The first-order chi connectivity index (χ1) is 10.7. The number of aliphatic hydroxyl groups excluding tert-OH is 1. The number of benzene rings is 1. The third kappa shape index (κ3) is 1.39. The normalized spacial score (nSPS) is 44.2. The molecule has 2 saturated carbocycles. The van der Waals surface area contributed by atoms with Crippen molar-refractivity contribution in [2.24, 2.45) is 23.7 Å². The van der Waals surface area contributed by atoms with Crippen LogP contribution in [0.25, 0.3) is 0 Å². The van der Waals surface area contributed by atoms with Gasteiger partial charge in [0.15, 0.2) is 0 Å². The van der Waals surface area contributed by atoms with Gasteiger partial charge in [-0.2, -0.15) is 0 Å². The van der Waals surface area contributed by atoms with Crippen LogP contribution in [0.1, 0.15) is 13.3 Å². The van der Waals surface area contributed by atoms with E-state index in [1.165, 1.54) is 0 Å². The predicted octanol–water partition coefficient (Wildman–Crippen LogP) is 1.40. The Bertz CT molecular complexity index is 630. The maximum absolute atomic E-state index is 12.9. The third-order valence-corrected chi connectivity index (χ3v) is 5.94. The molecule has 2 bridgehead atoms. The van der Waals surface area contributed by atoms with Crippen LogP contribution in [0.3, 0.4) is 0 Å². The van der Waals surface area contributed by atoms with Crippen molar-refractivity contribution in [3.05, 3.63) is 24.3 Å².